The highest BCUT2D eigenvalue weighted by atomic mass is 35.5. The Bertz CT molecular complexity index is 672. The highest BCUT2D eigenvalue weighted by molar-refractivity contribution is 6.42. The molecule has 0 aliphatic carbocycles. The minimum Gasteiger partial charge on any atom is -0.342 e. The van der Waals surface area contributed by atoms with E-state index in [1.165, 1.54) is 0 Å². The first-order valence-corrected chi connectivity index (χ1v) is 7.59. The number of benzene rings is 1. The number of likely N-dealkylation sites (N-methyl/N-ethyl adjacent to an activating group) is 1. The van der Waals surface area contributed by atoms with E-state index in [4.69, 9.17) is 23.2 Å². The Balaban J connectivity index is 1.88. The molecule has 22 heavy (non-hydrogen) atoms. The summed E-state index contributed by atoms with van der Waals surface area (Å²) in [5, 5.41) is 1.07. The van der Waals surface area contributed by atoms with Crippen molar-refractivity contribution >= 4 is 35.2 Å². The molecule has 0 bridgehead atoms. The van der Waals surface area contributed by atoms with Gasteiger partial charge in [0, 0.05) is 32.1 Å². The Morgan fingerprint density at radius 1 is 1.27 bits per heavy atom. The number of halogens is 2. The van der Waals surface area contributed by atoms with Crippen molar-refractivity contribution < 1.29 is 4.79 Å². The minimum absolute atomic E-state index is 0.0519. The zero-order valence-corrected chi connectivity index (χ0v) is 13.7. The summed E-state index contributed by atoms with van der Waals surface area (Å²) in [6, 6.07) is 9.24. The van der Waals surface area contributed by atoms with Crippen molar-refractivity contribution in [2.45, 2.75) is 6.42 Å². The number of hydrogen-bond acceptors (Lipinski definition) is 2. The van der Waals surface area contributed by atoms with Crippen LogP contribution in [0.4, 0.5) is 0 Å². The summed E-state index contributed by atoms with van der Waals surface area (Å²) in [5.74, 6) is -0.0519. The van der Waals surface area contributed by atoms with Crippen LogP contribution >= 0.6 is 23.2 Å². The maximum Gasteiger partial charge on any atom is 0.246 e. The van der Waals surface area contributed by atoms with Crippen LogP contribution < -0.4 is 0 Å². The molecule has 0 fully saturated rings. The summed E-state index contributed by atoms with van der Waals surface area (Å²) in [6.07, 6.45) is 7.43. The van der Waals surface area contributed by atoms with E-state index in [1.807, 2.05) is 24.3 Å². The van der Waals surface area contributed by atoms with Crippen LogP contribution in [0.15, 0.2) is 48.8 Å². The van der Waals surface area contributed by atoms with Gasteiger partial charge in [-0.05, 0) is 41.8 Å². The summed E-state index contributed by atoms with van der Waals surface area (Å²) in [6.45, 7) is 0.605. The van der Waals surface area contributed by atoms with Gasteiger partial charge >= 0.3 is 0 Å². The number of carbonyl (C=O) groups excluding carboxylic acids is 1. The number of aromatic nitrogens is 1. The van der Waals surface area contributed by atoms with E-state index in [2.05, 4.69) is 4.98 Å². The normalized spacial score (nSPS) is 10.9. The van der Waals surface area contributed by atoms with Crippen LogP contribution in [-0.4, -0.2) is 29.4 Å². The number of rotatable bonds is 5. The third-order valence-corrected chi connectivity index (χ3v) is 3.94. The Morgan fingerprint density at radius 3 is 2.77 bits per heavy atom. The molecule has 0 saturated heterocycles. The van der Waals surface area contributed by atoms with Crippen molar-refractivity contribution in [3.05, 3.63) is 70.0 Å². The number of hydrogen-bond donors (Lipinski definition) is 0. The number of pyridine rings is 1. The first-order chi connectivity index (χ1) is 10.6. The van der Waals surface area contributed by atoms with Gasteiger partial charge in [-0.2, -0.15) is 0 Å². The van der Waals surface area contributed by atoms with E-state index in [0.29, 0.717) is 16.6 Å². The molecule has 1 amide bonds. The van der Waals surface area contributed by atoms with Gasteiger partial charge < -0.3 is 4.90 Å². The Hall–Kier alpha value is -1.84. The summed E-state index contributed by atoms with van der Waals surface area (Å²) in [4.78, 5) is 17.7. The smallest absolute Gasteiger partial charge is 0.246 e. The molecular weight excluding hydrogens is 319 g/mol. The second kappa shape index (κ2) is 7.97. The molecule has 0 radical (unpaired) electrons. The van der Waals surface area contributed by atoms with Gasteiger partial charge in [0.2, 0.25) is 5.91 Å². The molecular formula is C17H16Cl2N2O. The van der Waals surface area contributed by atoms with Crippen molar-refractivity contribution in [2.75, 3.05) is 13.6 Å². The van der Waals surface area contributed by atoms with E-state index in [-0.39, 0.29) is 5.91 Å². The van der Waals surface area contributed by atoms with Crippen LogP contribution in [0, 0.1) is 0 Å². The average Bonchev–Trinajstić information content (AvgIpc) is 2.54. The molecule has 2 aromatic rings. The number of carbonyl (C=O) groups is 1. The minimum atomic E-state index is -0.0519. The lowest BCUT2D eigenvalue weighted by atomic mass is 10.1. The highest BCUT2D eigenvalue weighted by Crippen LogP contribution is 2.22. The van der Waals surface area contributed by atoms with E-state index in [1.54, 1.807) is 42.6 Å². The van der Waals surface area contributed by atoms with Gasteiger partial charge in [0.1, 0.15) is 0 Å². The predicted octanol–water partition coefficient (Wildman–Crippen LogP) is 4.10. The topological polar surface area (TPSA) is 33.2 Å². The molecule has 0 aliphatic heterocycles. The fourth-order valence-electron chi connectivity index (χ4n) is 1.87. The van der Waals surface area contributed by atoms with Crippen LogP contribution in [0.3, 0.4) is 0 Å². The summed E-state index contributed by atoms with van der Waals surface area (Å²) >= 11 is 11.9. The molecule has 1 aromatic heterocycles. The Morgan fingerprint density at radius 2 is 2.09 bits per heavy atom. The van der Waals surface area contributed by atoms with Crippen LogP contribution in [0.5, 0.6) is 0 Å². The molecule has 0 N–H and O–H groups in total. The fraction of sp³-hybridized carbons (Fsp3) is 0.176. The van der Waals surface area contributed by atoms with Crippen LogP contribution in [0.1, 0.15) is 11.1 Å². The third-order valence-electron chi connectivity index (χ3n) is 3.20. The predicted molar refractivity (Wildman–Crippen MR) is 91.1 cm³/mol. The van der Waals surface area contributed by atoms with Crippen molar-refractivity contribution in [2.24, 2.45) is 0 Å². The summed E-state index contributed by atoms with van der Waals surface area (Å²) < 4.78 is 0. The van der Waals surface area contributed by atoms with Crippen molar-refractivity contribution in [3.8, 4) is 0 Å². The summed E-state index contributed by atoms with van der Waals surface area (Å²) in [7, 11) is 1.77. The molecule has 5 heteroatoms. The third kappa shape index (κ3) is 4.86. The van der Waals surface area contributed by atoms with Crippen LogP contribution in [0.2, 0.25) is 10.0 Å². The largest absolute Gasteiger partial charge is 0.342 e. The molecule has 0 aliphatic rings. The molecule has 1 aromatic carbocycles. The van der Waals surface area contributed by atoms with Crippen molar-refractivity contribution in [1.29, 1.82) is 0 Å². The number of nitrogens with zero attached hydrogens (tertiary/aromatic N) is 2. The Labute approximate surface area is 140 Å². The zero-order chi connectivity index (χ0) is 15.9. The second-order valence-electron chi connectivity index (χ2n) is 4.88. The number of amides is 1. The SMILES string of the molecule is CN(CCc1ccc(Cl)c(Cl)c1)C(=O)/C=C/c1cccnc1. The maximum atomic E-state index is 12.0. The van der Waals surface area contributed by atoms with E-state index < -0.39 is 0 Å². The zero-order valence-electron chi connectivity index (χ0n) is 12.2. The quantitative estimate of drug-likeness (QED) is 0.771. The maximum absolute atomic E-state index is 12.0. The lowest BCUT2D eigenvalue weighted by molar-refractivity contribution is -0.124. The lowest BCUT2D eigenvalue weighted by Crippen LogP contribution is -2.27. The molecule has 114 valence electrons. The fourth-order valence-corrected chi connectivity index (χ4v) is 2.19. The van der Waals surface area contributed by atoms with Gasteiger partial charge in [-0.1, -0.05) is 35.3 Å². The second-order valence-corrected chi connectivity index (χ2v) is 5.69. The molecule has 3 nitrogen and oxygen atoms in total. The van der Waals surface area contributed by atoms with Crippen molar-refractivity contribution in [1.82, 2.24) is 9.88 Å². The first kappa shape index (κ1) is 16.5. The van der Waals surface area contributed by atoms with Gasteiger partial charge in [-0.25, -0.2) is 0 Å². The van der Waals surface area contributed by atoms with Gasteiger partial charge in [0.25, 0.3) is 0 Å². The van der Waals surface area contributed by atoms with E-state index >= 15 is 0 Å². The summed E-state index contributed by atoms with van der Waals surface area (Å²) in [5.41, 5.74) is 1.94. The molecule has 2 rings (SSSR count). The molecule has 1 heterocycles. The monoisotopic (exact) mass is 334 g/mol. The van der Waals surface area contributed by atoms with Gasteiger partial charge in [0.15, 0.2) is 0 Å². The first-order valence-electron chi connectivity index (χ1n) is 6.83. The van der Waals surface area contributed by atoms with Crippen LogP contribution in [0.25, 0.3) is 6.08 Å². The van der Waals surface area contributed by atoms with Gasteiger partial charge in [-0.15, -0.1) is 0 Å². The molecule has 0 unspecified atom stereocenters. The van der Waals surface area contributed by atoms with Crippen LogP contribution in [-0.2, 0) is 11.2 Å². The van der Waals surface area contributed by atoms with Crippen molar-refractivity contribution in [3.63, 3.8) is 0 Å². The average molecular weight is 335 g/mol. The van der Waals surface area contributed by atoms with E-state index in [9.17, 15) is 4.79 Å². The van der Waals surface area contributed by atoms with Gasteiger partial charge in [0.05, 0.1) is 10.0 Å². The molecule has 0 spiro atoms. The molecule has 0 saturated carbocycles. The van der Waals surface area contributed by atoms with Gasteiger partial charge in [-0.3, -0.25) is 9.78 Å². The standard InChI is InChI=1S/C17H16Cl2N2O/c1-21(10-8-13-4-6-15(18)16(19)11-13)17(22)7-5-14-3-2-9-20-12-14/h2-7,9,11-12H,8,10H2,1H3/b7-5+. The highest BCUT2D eigenvalue weighted by Gasteiger charge is 2.06. The van der Waals surface area contributed by atoms with E-state index in [0.717, 1.165) is 17.5 Å². The Kier molecular flexibility index (Phi) is 5.99. The lowest BCUT2D eigenvalue weighted by Gasteiger charge is -2.15. The molecule has 0 atom stereocenters.